The molecule has 0 radical (unpaired) electrons. The van der Waals surface area contributed by atoms with Crippen LogP contribution >= 0.6 is 0 Å². The van der Waals surface area contributed by atoms with Gasteiger partial charge in [0.05, 0.1) is 19.3 Å². The lowest BCUT2D eigenvalue weighted by Gasteiger charge is -2.41. The number of ether oxygens (including phenoxy) is 4. The molecule has 2 aliphatic rings. The number of hydrogen-bond acceptors (Lipinski definition) is 5. The fourth-order valence-electron chi connectivity index (χ4n) is 3.40. The quantitative estimate of drug-likeness (QED) is 0.557. The lowest BCUT2D eigenvalue weighted by molar-refractivity contribution is -0.191. The Balaban J connectivity index is 2.03. The monoisotopic (exact) mass is 309 g/mol. The van der Waals surface area contributed by atoms with Gasteiger partial charge in [-0.05, 0) is 26.2 Å². The van der Waals surface area contributed by atoms with E-state index >= 15 is 0 Å². The molecule has 1 saturated carbocycles. The molecule has 5 heteroatoms. The molecule has 2 unspecified atom stereocenters. The van der Waals surface area contributed by atoms with E-state index in [0.29, 0.717) is 19.8 Å². The summed E-state index contributed by atoms with van der Waals surface area (Å²) in [6.45, 7) is 11.8. The Morgan fingerprint density at radius 1 is 1.41 bits per heavy atom. The van der Waals surface area contributed by atoms with Crippen molar-refractivity contribution in [2.75, 3.05) is 19.8 Å². The normalized spacial score (nSPS) is 28.3. The third-order valence-corrected chi connectivity index (χ3v) is 4.67. The minimum atomic E-state index is -0.528. The zero-order valence-electron chi connectivity index (χ0n) is 13.8. The Hall–Kier alpha value is -0.930. The van der Waals surface area contributed by atoms with Crippen LogP contribution in [0.25, 0.3) is 0 Å². The van der Waals surface area contributed by atoms with Crippen LogP contribution in [0.1, 0.15) is 40.0 Å². The molecule has 1 aliphatic carbocycles. The van der Waals surface area contributed by atoms with Gasteiger partial charge in [0, 0.05) is 25.4 Å². The third-order valence-electron chi connectivity index (χ3n) is 4.67. The Kier molecular flexibility index (Phi) is 5.99. The van der Waals surface area contributed by atoms with Gasteiger partial charge >= 0.3 is 0 Å². The Morgan fingerprint density at radius 3 is 2.68 bits per heavy atom. The molecule has 0 aromatic heterocycles. The molecule has 5 nitrogen and oxygen atoms in total. The van der Waals surface area contributed by atoms with E-state index in [9.17, 15) is 5.26 Å². The molecule has 22 heavy (non-hydrogen) atoms. The van der Waals surface area contributed by atoms with E-state index in [-0.39, 0.29) is 18.1 Å². The standard InChI is InChI=1S/C17H27NO4/c1-5-19-14(4)22-16(11-18)13(3)15-10-17(7-6-12(15)2)20-8-9-21-17/h13-16H,2,5-10H2,1,3-4H3/t13-,14?,15-,16?/m0/s1. The van der Waals surface area contributed by atoms with E-state index in [4.69, 9.17) is 18.9 Å². The largest absolute Gasteiger partial charge is 0.353 e. The van der Waals surface area contributed by atoms with Gasteiger partial charge in [0.2, 0.25) is 0 Å². The minimum Gasteiger partial charge on any atom is -0.353 e. The van der Waals surface area contributed by atoms with E-state index in [1.807, 2.05) is 20.8 Å². The van der Waals surface area contributed by atoms with Gasteiger partial charge in [-0.2, -0.15) is 5.26 Å². The van der Waals surface area contributed by atoms with Crippen LogP contribution in [-0.2, 0) is 18.9 Å². The van der Waals surface area contributed by atoms with Crippen LogP contribution in [0, 0.1) is 23.2 Å². The van der Waals surface area contributed by atoms with Crippen molar-refractivity contribution in [3.8, 4) is 6.07 Å². The van der Waals surface area contributed by atoms with Crippen LogP contribution in [-0.4, -0.2) is 38.0 Å². The second-order valence-corrected chi connectivity index (χ2v) is 6.14. The number of allylic oxidation sites excluding steroid dienone is 1. The van der Waals surface area contributed by atoms with Gasteiger partial charge in [-0.25, -0.2) is 0 Å². The zero-order valence-corrected chi connectivity index (χ0v) is 13.8. The summed E-state index contributed by atoms with van der Waals surface area (Å²) in [6, 6.07) is 2.26. The summed E-state index contributed by atoms with van der Waals surface area (Å²) >= 11 is 0. The van der Waals surface area contributed by atoms with Crippen molar-refractivity contribution >= 4 is 0 Å². The number of rotatable bonds is 6. The molecule has 1 heterocycles. The molecular formula is C17H27NO4. The van der Waals surface area contributed by atoms with Crippen molar-refractivity contribution in [2.45, 2.75) is 58.2 Å². The van der Waals surface area contributed by atoms with E-state index in [2.05, 4.69) is 12.6 Å². The van der Waals surface area contributed by atoms with E-state index in [1.54, 1.807) is 0 Å². The van der Waals surface area contributed by atoms with Crippen LogP contribution in [0.5, 0.6) is 0 Å². The van der Waals surface area contributed by atoms with Crippen LogP contribution in [0.3, 0.4) is 0 Å². The summed E-state index contributed by atoms with van der Waals surface area (Å²) < 4.78 is 22.8. The maximum Gasteiger partial charge on any atom is 0.169 e. The maximum absolute atomic E-state index is 9.46. The van der Waals surface area contributed by atoms with Gasteiger partial charge in [0.25, 0.3) is 0 Å². The second kappa shape index (κ2) is 7.56. The molecule has 1 spiro atoms. The Bertz CT molecular complexity index is 425. The summed E-state index contributed by atoms with van der Waals surface area (Å²) in [4.78, 5) is 0. The van der Waals surface area contributed by atoms with Gasteiger partial charge < -0.3 is 18.9 Å². The number of nitriles is 1. The first-order chi connectivity index (χ1) is 10.5. The topological polar surface area (TPSA) is 60.7 Å². The van der Waals surface area contributed by atoms with Crippen LogP contribution in [0.4, 0.5) is 0 Å². The molecule has 1 aliphatic heterocycles. The fourth-order valence-corrected chi connectivity index (χ4v) is 3.40. The van der Waals surface area contributed by atoms with Crippen molar-refractivity contribution in [1.82, 2.24) is 0 Å². The molecule has 4 atom stereocenters. The Labute approximate surface area is 133 Å². The highest BCUT2D eigenvalue weighted by atomic mass is 16.7. The zero-order chi connectivity index (χ0) is 16.2. The first-order valence-corrected chi connectivity index (χ1v) is 8.13. The summed E-state index contributed by atoms with van der Waals surface area (Å²) in [5.74, 6) is -0.304. The molecule has 0 bridgehead atoms. The highest BCUT2D eigenvalue weighted by Crippen LogP contribution is 2.44. The van der Waals surface area contributed by atoms with E-state index < -0.39 is 11.9 Å². The second-order valence-electron chi connectivity index (χ2n) is 6.14. The van der Waals surface area contributed by atoms with Crippen LogP contribution in [0.2, 0.25) is 0 Å². The SMILES string of the molecule is C=C1CCC2(C[C@@H]1[C@H](C)C(C#N)OC(C)OCC)OCCO2. The van der Waals surface area contributed by atoms with Crippen molar-refractivity contribution in [2.24, 2.45) is 11.8 Å². The molecule has 1 saturated heterocycles. The van der Waals surface area contributed by atoms with Crippen LogP contribution < -0.4 is 0 Å². The fraction of sp³-hybridized carbons (Fsp3) is 0.824. The third kappa shape index (κ3) is 3.88. The van der Waals surface area contributed by atoms with Gasteiger partial charge in [0.15, 0.2) is 12.1 Å². The molecule has 0 aromatic carbocycles. The molecule has 0 N–H and O–H groups in total. The summed E-state index contributed by atoms with van der Waals surface area (Å²) in [5.41, 5.74) is 1.16. The average molecular weight is 309 g/mol. The van der Waals surface area contributed by atoms with Gasteiger partial charge in [-0.15, -0.1) is 0 Å². The van der Waals surface area contributed by atoms with Gasteiger partial charge in [-0.3, -0.25) is 0 Å². The summed E-state index contributed by atoms with van der Waals surface area (Å²) in [7, 11) is 0. The average Bonchev–Trinajstić information content (AvgIpc) is 2.95. The van der Waals surface area contributed by atoms with Crippen LogP contribution in [0.15, 0.2) is 12.2 Å². The number of hydrogen-bond donors (Lipinski definition) is 0. The highest BCUT2D eigenvalue weighted by molar-refractivity contribution is 5.12. The van der Waals surface area contributed by atoms with Gasteiger partial charge in [0.1, 0.15) is 6.10 Å². The molecular weight excluding hydrogens is 282 g/mol. The maximum atomic E-state index is 9.46. The summed E-state index contributed by atoms with van der Waals surface area (Å²) in [5, 5.41) is 9.46. The van der Waals surface area contributed by atoms with Crippen molar-refractivity contribution < 1.29 is 18.9 Å². The smallest absolute Gasteiger partial charge is 0.169 e. The number of nitrogens with zero attached hydrogens (tertiary/aromatic N) is 1. The predicted octanol–water partition coefficient (Wildman–Crippen LogP) is 3.01. The van der Waals surface area contributed by atoms with Gasteiger partial charge in [-0.1, -0.05) is 19.1 Å². The van der Waals surface area contributed by atoms with Crippen molar-refractivity contribution in [3.05, 3.63) is 12.2 Å². The Morgan fingerprint density at radius 2 is 2.09 bits per heavy atom. The molecule has 0 aromatic rings. The van der Waals surface area contributed by atoms with Crippen molar-refractivity contribution in [1.29, 1.82) is 5.26 Å². The first kappa shape index (κ1) is 17.4. The summed E-state index contributed by atoms with van der Waals surface area (Å²) in [6.07, 6.45) is 1.55. The molecule has 2 rings (SSSR count). The lowest BCUT2D eigenvalue weighted by atomic mass is 9.73. The first-order valence-electron chi connectivity index (χ1n) is 8.13. The minimum absolute atomic E-state index is 0.0189. The highest BCUT2D eigenvalue weighted by Gasteiger charge is 2.45. The molecule has 124 valence electrons. The van der Waals surface area contributed by atoms with Crippen molar-refractivity contribution in [3.63, 3.8) is 0 Å². The molecule has 2 fully saturated rings. The van der Waals surface area contributed by atoms with E-state index in [1.165, 1.54) is 0 Å². The van der Waals surface area contributed by atoms with E-state index in [0.717, 1.165) is 24.8 Å². The lowest BCUT2D eigenvalue weighted by Crippen LogP contribution is -2.42. The molecule has 0 amide bonds. The predicted molar refractivity (Wildman–Crippen MR) is 81.9 cm³/mol.